The number of hydrogen-bond acceptors (Lipinski definition) is 4. The molecule has 0 atom stereocenters. The van der Waals surface area contributed by atoms with Gasteiger partial charge in [0.2, 0.25) is 0 Å². The fourth-order valence-electron chi connectivity index (χ4n) is 2.45. The maximum absolute atomic E-state index is 11.8. The second-order valence-corrected chi connectivity index (χ2v) is 5.90. The van der Waals surface area contributed by atoms with Crippen LogP contribution in [0.5, 0.6) is 11.5 Å². The van der Waals surface area contributed by atoms with Crippen molar-refractivity contribution in [2.75, 3.05) is 20.8 Å². The van der Waals surface area contributed by atoms with Crippen LogP contribution in [-0.4, -0.2) is 26.8 Å². The van der Waals surface area contributed by atoms with E-state index in [2.05, 4.69) is 13.0 Å². The average Bonchev–Trinajstić information content (AvgIpc) is 2.69. The fourth-order valence-corrected chi connectivity index (χ4v) is 2.45. The summed E-state index contributed by atoms with van der Waals surface area (Å²) in [7, 11) is 3.04. The van der Waals surface area contributed by atoms with Crippen LogP contribution in [0.4, 0.5) is 0 Å². The minimum Gasteiger partial charge on any atom is -0.497 e. The Kier molecular flexibility index (Phi) is 7.75. The number of ether oxygens (including phenoxy) is 3. The van der Waals surface area contributed by atoms with Crippen molar-refractivity contribution in [3.05, 3.63) is 65.2 Å². The standard InChI is InChI=1S/C22H26O4/c1-4-5-15-26-21-16-19(22(23)25-3)12-11-18(21)8-6-7-17-9-13-20(24-2)14-10-17/h6,8-14,16H,4-5,7,15H2,1-3H3/b8-6+. The van der Waals surface area contributed by atoms with Gasteiger partial charge in [0.25, 0.3) is 0 Å². The molecule has 2 aromatic rings. The van der Waals surface area contributed by atoms with Crippen molar-refractivity contribution in [2.45, 2.75) is 26.2 Å². The number of hydrogen-bond donors (Lipinski definition) is 0. The number of carbonyl (C=O) groups excluding carboxylic acids is 1. The van der Waals surface area contributed by atoms with E-state index in [1.165, 1.54) is 12.7 Å². The molecule has 0 aliphatic carbocycles. The summed E-state index contributed by atoms with van der Waals surface area (Å²) in [6.45, 7) is 2.74. The summed E-state index contributed by atoms with van der Waals surface area (Å²) in [6, 6.07) is 13.4. The summed E-state index contributed by atoms with van der Waals surface area (Å²) in [5.41, 5.74) is 2.63. The van der Waals surface area contributed by atoms with Crippen molar-refractivity contribution in [3.8, 4) is 11.5 Å². The summed E-state index contributed by atoms with van der Waals surface area (Å²) >= 11 is 0. The van der Waals surface area contributed by atoms with E-state index in [-0.39, 0.29) is 5.97 Å². The first kappa shape index (κ1) is 19.6. The van der Waals surface area contributed by atoms with Crippen LogP contribution in [-0.2, 0) is 11.2 Å². The smallest absolute Gasteiger partial charge is 0.337 e. The molecule has 0 aromatic heterocycles. The molecule has 0 radical (unpaired) electrons. The Labute approximate surface area is 155 Å². The van der Waals surface area contributed by atoms with Gasteiger partial charge >= 0.3 is 5.97 Å². The number of carbonyl (C=O) groups is 1. The molecule has 0 aliphatic heterocycles. The zero-order chi connectivity index (χ0) is 18.8. The summed E-state index contributed by atoms with van der Waals surface area (Å²) < 4.78 is 15.8. The van der Waals surface area contributed by atoms with Gasteiger partial charge < -0.3 is 14.2 Å². The van der Waals surface area contributed by atoms with Crippen molar-refractivity contribution in [2.24, 2.45) is 0 Å². The molecule has 4 heteroatoms. The Morgan fingerprint density at radius 3 is 2.50 bits per heavy atom. The Hall–Kier alpha value is -2.75. The maximum atomic E-state index is 11.8. The van der Waals surface area contributed by atoms with Gasteiger partial charge in [-0.05, 0) is 42.7 Å². The van der Waals surface area contributed by atoms with Gasteiger partial charge in [0.15, 0.2) is 0 Å². The van der Waals surface area contributed by atoms with Crippen molar-refractivity contribution < 1.29 is 19.0 Å². The van der Waals surface area contributed by atoms with Gasteiger partial charge in [-0.1, -0.05) is 43.7 Å². The molecule has 0 heterocycles. The van der Waals surface area contributed by atoms with E-state index in [0.717, 1.165) is 30.6 Å². The first-order valence-electron chi connectivity index (χ1n) is 8.82. The second-order valence-electron chi connectivity index (χ2n) is 5.90. The van der Waals surface area contributed by atoms with Crippen molar-refractivity contribution in [1.82, 2.24) is 0 Å². The number of esters is 1. The van der Waals surface area contributed by atoms with Gasteiger partial charge in [-0.15, -0.1) is 0 Å². The predicted octanol–water partition coefficient (Wildman–Crippen LogP) is 4.92. The molecule has 2 aromatic carbocycles. The van der Waals surface area contributed by atoms with Crippen LogP contribution in [0.25, 0.3) is 6.08 Å². The van der Waals surface area contributed by atoms with Crippen molar-refractivity contribution in [3.63, 3.8) is 0 Å². The molecule has 0 saturated carbocycles. The van der Waals surface area contributed by atoms with Crippen LogP contribution in [0.1, 0.15) is 41.3 Å². The molecule has 26 heavy (non-hydrogen) atoms. The molecule has 0 bridgehead atoms. The van der Waals surface area contributed by atoms with Gasteiger partial charge in [0.1, 0.15) is 11.5 Å². The SMILES string of the molecule is CCCCOc1cc(C(=O)OC)ccc1/C=C/Cc1ccc(OC)cc1. The van der Waals surface area contributed by atoms with Crippen LogP contribution >= 0.6 is 0 Å². The molecule has 0 saturated heterocycles. The molecule has 0 unspecified atom stereocenters. The lowest BCUT2D eigenvalue weighted by Crippen LogP contribution is -2.04. The Balaban J connectivity index is 2.12. The number of methoxy groups -OCH3 is 2. The monoisotopic (exact) mass is 354 g/mol. The van der Waals surface area contributed by atoms with Crippen molar-refractivity contribution in [1.29, 1.82) is 0 Å². The zero-order valence-corrected chi connectivity index (χ0v) is 15.7. The van der Waals surface area contributed by atoms with Crippen LogP contribution in [0, 0.1) is 0 Å². The van der Waals surface area contributed by atoms with Crippen LogP contribution in [0.2, 0.25) is 0 Å². The molecular weight excluding hydrogens is 328 g/mol. The highest BCUT2D eigenvalue weighted by molar-refractivity contribution is 5.90. The van der Waals surface area contributed by atoms with Gasteiger partial charge in [0.05, 0.1) is 26.4 Å². The number of allylic oxidation sites excluding steroid dienone is 1. The van der Waals surface area contributed by atoms with E-state index in [1.807, 2.05) is 36.4 Å². The fraction of sp³-hybridized carbons (Fsp3) is 0.318. The van der Waals surface area contributed by atoms with E-state index in [9.17, 15) is 4.79 Å². The quantitative estimate of drug-likeness (QED) is 0.474. The van der Waals surface area contributed by atoms with Gasteiger partial charge in [-0.25, -0.2) is 4.79 Å². The lowest BCUT2D eigenvalue weighted by atomic mass is 10.1. The Morgan fingerprint density at radius 1 is 1.08 bits per heavy atom. The van der Waals surface area contributed by atoms with Crippen LogP contribution in [0.15, 0.2) is 48.5 Å². The highest BCUT2D eigenvalue weighted by atomic mass is 16.5. The lowest BCUT2D eigenvalue weighted by molar-refractivity contribution is 0.0600. The molecule has 0 N–H and O–H groups in total. The van der Waals surface area contributed by atoms with E-state index in [4.69, 9.17) is 14.2 Å². The molecule has 2 rings (SSSR count). The van der Waals surface area contributed by atoms with E-state index < -0.39 is 0 Å². The second kappa shape index (κ2) is 10.3. The van der Waals surface area contributed by atoms with E-state index in [1.54, 1.807) is 19.2 Å². The summed E-state index contributed by atoms with van der Waals surface area (Å²) in [6.07, 6.45) is 6.93. The van der Waals surface area contributed by atoms with Gasteiger partial charge in [0, 0.05) is 5.56 Å². The topological polar surface area (TPSA) is 44.8 Å². The minimum absolute atomic E-state index is 0.362. The minimum atomic E-state index is -0.362. The molecular formula is C22H26O4. The van der Waals surface area contributed by atoms with Crippen molar-refractivity contribution >= 4 is 12.0 Å². The zero-order valence-electron chi connectivity index (χ0n) is 15.7. The average molecular weight is 354 g/mol. The molecule has 138 valence electrons. The molecule has 0 aliphatic rings. The van der Waals surface area contributed by atoms with Crippen LogP contribution < -0.4 is 9.47 Å². The maximum Gasteiger partial charge on any atom is 0.337 e. The third kappa shape index (κ3) is 5.66. The molecule has 4 nitrogen and oxygen atoms in total. The third-order valence-electron chi connectivity index (χ3n) is 4.00. The van der Waals surface area contributed by atoms with Crippen LogP contribution in [0.3, 0.4) is 0 Å². The molecule has 0 amide bonds. The Bertz CT molecular complexity index is 732. The summed E-state index contributed by atoms with van der Waals surface area (Å²) in [4.78, 5) is 11.8. The highest BCUT2D eigenvalue weighted by Gasteiger charge is 2.09. The van der Waals surface area contributed by atoms with E-state index >= 15 is 0 Å². The number of benzene rings is 2. The van der Waals surface area contributed by atoms with Gasteiger partial charge in [-0.3, -0.25) is 0 Å². The highest BCUT2D eigenvalue weighted by Crippen LogP contribution is 2.23. The number of rotatable bonds is 9. The summed E-state index contributed by atoms with van der Waals surface area (Å²) in [5.74, 6) is 1.19. The first-order valence-corrected chi connectivity index (χ1v) is 8.82. The third-order valence-corrected chi connectivity index (χ3v) is 4.00. The normalized spacial score (nSPS) is 10.7. The summed E-state index contributed by atoms with van der Waals surface area (Å²) in [5, 5.41) is 0. The number of unbranched alkanes of at least 4 members (excludes halogenated alkanes) is 1. The first-order chi connectivity index (χ1) is 12.7. The largest absolute Gasteiger partial charge is 0.497 e. The lowest BCUT2D eigenvalue weighted by Gasteiger charge is -2.10. The predicted molar refractivity (Wildman–Crippen MR) is 104 cm³/mol. The molecule has 0 fully saturated rings. The van der Waals surface area contributed by atoms with E-state index in [0.29, 0.717) is 17.9 Å². The molecule has 0 spiro atoms. The Morgan fingerprint density at radius 2 is 1.85 bits per heavy atom. The van der Waals surface area contributed by atoms with Gasteiger partial charge in [-0.2, -0.15) is 0 Å².